The Morgan fingerprint density at radius 3 is 2.62 bits per heavy atom. The molecule has 24 heavy (non-hydrogen) atoms. The highest BCUT2D eigenvalue weighted by Crippen LogP contribution is 2.49. The molecule has 1 saturated carbocycles. The molecule has 1 atom stereocenters. The van der Waals surface area contributed by atoms with Crippen molar-refractivity contribution in [1.29, 1.82) is 0 Å². The van der Waals surface area contributed by atoms with Crippen LogP contribution in [0.15, 0.2) is 47.1 Å². The quantitative estimate of drug-likeness (QED) is 0.490. The molecule has 0 bridgehead atoms. The summed E-state index contributed by atoms with van der Waals surface area (Å²) in [5, 5.41) is 1.19. The van der Waals surface area contributed by atoms with E-state index in [1.165, 1.54) is 23.8 Å². The Hall–Kier alpha value is -2.55. The summed E-state index contributed by atoms with van der Waals surface area (Å²) >= 11 is 0. The van der Waals surface area contributed by atoms with E-state index in [9.17, 15) is 4.79 Å². The molecule has 1 aromatic heterocycles. The Balaban J connectivity index is 1.76. The summed E-state index contributed by atoms with van der Waals surface area (Å²) in [4.78, 5) is 12.2. The van der Waals surface area contributed by atoms with Gasteiger partial charge in [-0.2, -0.15) is 0 Å². The van der Waals surface area contributed by atoms with Gasteiger partial charge in [-0.1, -0.05) is 30.3 Å². The normalized spacial score (nSPS) is 20.0. The number of carbonyl (C=O) groups is 1. The molecule has 1 unspecified atom stereocenters. The Labute approximate surface area is 140 Å². The highest BCUT2D eigenvalue weighted by atomic mass is 16.5. The molecule has 120 valence electrons. The summed E-state index contributed by atoms with van der Waals surface area (Å²) < 4.78 is 11.4. The molecule has 3 nitrogen and oxygen atoms in total. The Morgan fingerprint density at radius 1 is 1.08 bits per heavy atom. The van der Waals surface area contributed by atoms with Gasteiger partial charge in [0.05, 0.1) is 12.7 Å². The number of rotatable bonds is 2. The summed E-state index contributed by atoms with van der Waals surface area (Å²) in [5.41, 5.74) is 5.36. The van der Waals surface area contributed by atoms with Gasteiger partial charge in [-0.15, -0.1) is 0 Å². The largest absolute Gasteiger partial charge is 0.464 e. The molecule has 1 aliphatic carbocycles. The van der Waals surface area contributed by atoms with Crippen LogP contribution in [0.4, 0.5) is 0 Å². The zero-order valence-corrected chi connectivity index (χ0v) is 13.5. The molecule has 0 N–H and O–H groups in total. The van der Waals surface area contributed by atoms with Crippen molar-refractivity contribution in [1.82, 2.24) is 0 Å². The van der Waals surface area contributed by atoms with E-state index in [0.717, 1.165) is 22.3 Å². The predicted octanol–water partition coefficient (Wildman–Crippen LogP) is 5.06. The van der Waals surface area contributed by atoms with Gasteiger partial charge in [0, 0.05) is 28.0 Å². The topological polar surface area (TPSA) is 39.4 Å². The third-order valence-electron chi connectivity index (χ3n) is 5.28. The van der Waals surface area contributed by atoms with Crippen molar-refractivity contribution in [3.05, 3.63) is 64.9 Å². The maximum absolute atomic E-state index is 12.2. The van der Waals surface area contributed by atoms with E-state index < -0.39 is 0 Å². The smallest absolute Gasteiger partial charge is 0.312 e. The molecule has 2 aliphatic rings. The van der Waals surface area contributed by atoms with Gasteiger partial charge in [-0.3, -0.25) is 4.79 Å². The van der Waals surface area contributed by atoms with Crippen molar-refractivity contribution in [2.75, 3.05) is 0 Å². The number of aryl methyl sites for hydroxylation is 1. The Kier molecular flexibility index (Phi) is 2.87. The molecule has 0 spiro atoms. The van der Waals surface area contributed by atoms with Crippen molar-refractivity contribution < 1.29 is 13.9 Å². The van der Waals surface area contributed by atoms with Gasteiger partial charge < -0.3 is 9.15 Å². The molecule has 3 aromatic rings. The highest BCUT2D eigenvalue weighted by Gasteiger charge is 2.33. The van der Waals surface area contributed by atoms with Crippen molar-refractivity contribution in [3.8, 4) is 5.75 Å². The molecule has 0 radical (unpaired) electrons. The van der Waals surface area contributed by atoms with Crippen molar-refractivity contribution in [2.24, 2.45) is 0 Å². The first kappa shape index (κ1) is 13.8. The molecular weight excluding hydrogens is 300 g/mol. The minimum atomic E-state index is -0.173. The highest BCUT2D eigenvalue weighted by molar-refractivity contribution is 5.91. The number of benzene rings is 2. The molecule has 0 saturated heterocycles. The molecule has 5 rings (SSSR count). The first-order valence-corrected chi connectivity index (χ1v) is 8.52. The minimum absolute atomic E-state index is 0.0486. The number of fused-ring (bicyclic) bond motifs is 2. The van der Waals surface area contributed by atoms with Crippen LogP contribution in [0.25, 0.3) is 11.0 Å². The summed E-state index contributed by atoms with van der Waals surface area (Å²) in [6, 6.07) is 12.4. The molecule has 3 heteroatoms. The summed E-state index contributed by atoms with van der Waals surface area (Å²) in [7, 11) is 0. The number of carbonyl (C=O) groups excluding carboxylic acids is 1. The van der Waals surface area contributed by atoms with Crippen molar-refractivity contribution in [3.63, 3.8) is 0 Å². The number of hydrogen-bond acceptors (Lipinski definition) is 3. The molecule has 1 aliphatic heterocycles. The van der Waals surface area contributed by atoms with Gasteiger partial charge in [0.2, 0.25) is 0 Å². The van der Waals surface area contributed by atoms with Gasteiger partial charge in [-0.05, 0) is 37.3 Å². The first-order chi connectivity index (χ1) is 11.7. The van der Waals surface area contributed by atoms with Crippen LogP contribution in [-0.4, -0.2) is 5.97 Å². The maximum Gasteiger partial charge on any atom is 0.312 e. The molecule has 2 heterocycles. The fraction of sp³-hybridized carbons (Fsp3) is 0.286. The third kappa shape index (κ3) is 2.01. The SMILES string of the molecule is Cc1c2c(cc3c(C4CC4)coc13)C(c1ccccc1)CC(=O)O2. The second-order valence-corrected chi connectivity index (χ2v) is 6.90. The van der Waals surface area contributed by atoms with E-state index in [1.807, 2.05) is 31.4 Å². The van der Waals surface area contributed by atoms with Crippen LogP contribution in [0.3, 0.4) is 0 Å². The maximum atomic E-state index is 12.2. The van der Waals surface area contributed by atoms with Crippen LogP contribution in [0.5, 0.6) is 5.75 Å². The monoisotopic (exact) mass is 318 g/mol. The van der Waals surface area contributed by atoms with Crippen LogP contribution in [0, 0.1) is 6.92 Å². The van der Waals surface area contributed by atoms with E-state index in [-0.39, 0.29) is 11.9 Å². The lowest BCUT2D eigenvalue weighted by molar-refractivity contribution is -0.135. The van der Waals surface area contributed by atoms with Crippen LogP contribution >= 0.6 is 0 Å². The number of furan rings is 1. The lowest BCUT2D eigenvalue weighted by Gasteiger charge is -2.26. The Bertz CT molecular complexity index is 948. The molecular formula is C21H18O3. The molecule has 2 aromatic carbocycles. The summed E-state index contributed by atoms with van der Waals surface area (Å²) in [6.45, 7) is 1.99. The van der Waals surface area contributed by atoms with Gasteiger partial charge in [-0.25, -0.2) is 0 Å². The molecule has 0 amide bonds. The second-order valence-electron chi connectivity index (χ2n) is 6.90. The predicted molar refractivity (Wildman–Crippen MR) is 91.5 cm³/mol. The van der Waals surface area contributed by atoms with E-state index in [4.69, 9.17) is 9.15 Å². The minimum Gasteiger partial charge on any atom is -0.464 e. The second kappa shape index (κ2) is 4.97. The fourth-order valence-electron chi connectivity index (χ4n) is 3.88. The van der Waals surface area contributed by atoms with Crippen LogP contribution < -0.4 is 4.74 Å². The average molecular weight is 318 g/mol. The van der Waals surface area contributed by atoms with Gasteiger partial charge in [0.15, 0.2) is 0 Å². The van der Waals surface area contributed by atoms with E-state index in [0.29, 0.717) is 18.1 Å². The lowest BCUT2D eigenvalue weighted by atomic mass is 9.84. The average Bonchev–Trinajstić information content (AvgIpc) is 3.36. The zero-order valence-electron chi connectivity index (χ0n) is 13.5. The first-order valence-electron chi connectivity index (χ1n) is 8.52. The van der Waals surface area contributed by atoms with Crippen molar-refractivity contribution in [2.45, 2.75) is 38.0 Å². The van der Waals surface area contributed by atoms with Crippen molar-refractivity contribution >= 4 is 16.9 Å². The number of hydrogen-bond donors (Lipinski definition) is 0. The third-order valence-corrected chi connectivity index (χ3v) is 5.28. The van der Waals surface area contributed by atoms with E-state index in [2.05, 4.69) is 18.2 Å². The number of esters is 1. The van der Waals surface area contributed by atoms with Gasteiger partial charge >= 0.3 is 5.97 Å². The van der Waals surface area contributed by atoms with E-state index >= 15 is 0 Å². The van der Waals surface area contributed by atoms with Crippen LogP contribution in [0.2, 0.25) is 0 Å². The van der Waals surface area contributed by atoms with Gasteiger partial charge in [0.1, 0.15) is 11.3 Å². The Morgan fingerprint density at radius 2 is 1.88 bits per heavy atom. The standard InChI is InChI=1S/C21H18O3/c1-12-20-17(18(11-23-20)14-7-8-14)9-16-15(10-19(22)24-21(12)16)13-5-3-2-4-6-13/h2-6,9,11,14-15H,7-8,10H2,1H3. The van der Waals surface area contributed by atoms with Gasteiger partial charge in [0.25, 0.3) is 0 Å². The van der Waals surface area contributed by atoms with Crippen LogP contribution in [0.1, 0.15) is 53.4 Å². The lowest BCUT2D eigenvalue weighted by Crippen LogP contribution is -2.21. The van der Waals surface area contributed by atoms with Crippen LogP contribution in [-0.2, 0) is 4.79 Å². The summed E-state index contributed by atoms with van der Waals surface area (Å²) in [6.07, 6.45) is 4.75. The summed E-state index contributed by atoms with van der Waals surface area (Å²) in [5.74, 6) is 1.19. The molecule has 1 fully saturated rings. The fourth-order valence-corrected chi connectivity index (χ4v) is 3.88. The zero-order chi connectivity index (χ0) is 16.3. The number of ether oxygens (including phenoxy) is 1. The van der Waals surface area contributed by atoms with E-state index in [1.54, 1.807) is 0 Å².